The first kappa shape index (κ1) is 20.3. The Morgan fingerprint density at radius 3 is 2.22 bits per heavy atom. The second-order valence-electron chi connectivity index (χ2n) is 5.40. The van der Waals surface area contributed by atoms with E-state index in [1.54, 1.807) is 0 Å². The van der Waals surface area contributed by atoms with Crippen LogP contribution in [-0.4, -0.2) is 49.1 Å². The highest BCUT2D eigenvalue weighted by atomic mass is 35.5. The molecule has 0 atom stereocenters. The van der Waals surface area contributed by atoms with Crippen LogP contribution in [-0.2, 0) is 4.79 Å². The van der Waals surface area contributed by atoms with Gasteiger partial charge in [-0.05, 0) is 19.8 Å². The molecule has 1 fully saturated rings. The molecule has 110 valence electrons. The Balaban J connectivity index is 0. The summed E-state index contributed by atoms with van der Waals surface area (Å²) in [5.74, 6) is 0.644. The highest BCUT2D eigenvalue weighted by Gasteiger charge is 2.34. The first-order valence-corrected chi connectivity index (χ1v) is 6.18. The number of rotatable bonds is 4. The molecular formula is C12H27Cl2N3O. The van der Waals surface area contributed by atoms with E-state index in [1.807, 2.05) is 13.8 Å². The van der Waals surface area contributed by atoms with Crippen LogP contribution in [0.5, 0.6) is 0 Å². The van der Waals surface area contributed by atoms with E-state index >= 15 is 0 Å². The fourth-order valence-electron chi connectivity index (χ4n) is 1.88. The summed E-state index contributed by atoms with van der Waals surface area (Å²) in [6.45, 7) is 12.8. The quantitative estimate of drug-likeness (QED) is 0.822. The number of amides is 1. The number of halogens is 2. The predicted octanol–water partition coefficient (Wildman–Crippen LogP) is 1.29. The minimum atomic E-state index is -0.392. The molecule has 1 saturated heterocycles. The van der Waals surface area contributed by atoms with Gasteiger partial charge in [-0.15, -0.1) is 24.8 Å². The Labute approximate surface area is 123 Å². The summed E-state index contributed by atoms with van der Waals surface area (Å²) >= 11 is 0. The van der Waals surface area contributed by atoms with Gasteiger partial charge in [0.05, 0.1) is 5.54 Å². The van der Waals surface area contributed by atoms with Gasteiger partial charge in [-0.3, -0.25) is 9.69 Å². The van der Waals surface area contributed by atoms with Crippen molar-refractivity contribution in [2.75, 3.05) is 32.7 Å². The smallest absolute Gasteiger partial charge is 0.239 e. The van der Waals surface area contributed by atoms with Crippen molar-refractivity contribution in [2.24, 2.45) is 5.92 Å². The molecule has 0 spiro atoms. The van der Waals surface area contributed by atoms with Crippen molar-refractivity contribution in [2.45, 2.75) is 33.2 Å². The van der Waals surface area contributed by atoms with E-state index in [1.165, 1.54) is 0 Å². The topological polar surface area (TPSA) is 44.4 Å². The van der Waals surface area contributed by atoms with E-state index in [-0.39, 0.29) is 30.7 Å². The molecule has 1 heterocycles. The third kappa shape index (κ3) is 5.74. The van der Waals surface area contributed by atoms with Gasteiger partial charge in [-0.2, -0.15) is 0 Å². The molecular weight excluding hydrogens is 273 g/mol. The molecule has 0 aromatic carbocycles. The largest absolute Gasteiger partial charge is 0.354 e. The summed E-state index contributed by atoms with van der Waals surface area (Å²) in [7, 11) is 0. The zero-order valence-corrected chi connectivity index (χ0v) is 13.4. The van der Waals surface area contributed by atoms with E-state index < -0.39 is 5.54 Å². The zero-order chi connectivity index (χ0) is 12.2. The summed E-state index contributed by atoms with van der Waals surface area (Å²) in [4.78, 5) is 14.3. The van der Waals surface area contributed by atoms with Gasteiger partial charge in [0.25, 0.3) is 0 Å². The van der Waals surface area contributed by atoms with Crippen molar-refractivity contribution < 1.29 is 4.79 Å². The van der Waals surface area contributed by atoms with Gasteiger partial charge in [0.15, 0.2) is 0 Å². The number of carbonyl (C=O) groups is 1. The number of nitrogens with one attached hydrogen (secondary N) is 2. The summed E-state index contributed by atoms with van der Waals surface area (Å²) in [5.41, 5.74) is -0.392. The van der Waals surface area contributed by atoms with Crippen molar-refractivity contribution >= 4 is 30.7 Å². The van der Waals surface area contributed by atoms with E-state index in [4.69, 9.17) is 0 Å². The van der Waals surface area contributed by atoms with Gasteiger partial charge in [-0.1, -0.05) is 13.8 Å². The standard InChI is InChI=1S/C12H25N3O.2ClH/c1-10(2)9-14-11(16)12(3,4)15-7-5-13-6-8-15;;/h10,13H,5-9H2,1-4H3,(H,14,16);2*1H. The van der Waals surface area contributed by atoms with Gasteiger partial charge in [0.2, 0.25) is 5.91 Å². The van der Waals surface area contributed by atoms with E-state index in [9.17, 15) is 4.79 Å². The SMILES string of the molecule is CC(C)CNC(=O)C(C)(C)N1CCNCC1.Cl.Cl. The second-order valence-corrected chi connectivity index (χ2v) is 5.40. The maximum atomic E-state index is 12.1. The molecule has 1 amide bonds. The molecule has 4 nitrogen and oxygen atoms in total. The van der Waals surface area contributed by atoms with Crippen LogP contribution in [0.3, 0.4) is 0 Å². The lowest BCUT2D eigenvalue weighted by Crippen LogP contribution is -2.60. The normalized spacial score (nSPS) is 16.7. The zero-order valence-electron chi connectivity index (χ0n) is 11.8. The van der Waals surface area contributed by atoms with Crippen molar-refractivity contribution in [3.05, 3.63) is 0 Å². The Morgan fingerprint density at radius 1 is 1.28 bits per heavy atom. The molecule has 0 saturated carbocycles. The lowest BCUT2D eigenvalue weighted by Gasteiger charge is -2.39. The van der Waals surface area contributed by atoms with Gasteiger partial charge >= 0.3 is 0 Å². The highest BCUT2D eigenvalue weighted by molar-refractivity contribution is 5.86. The van der Waals surface area contributed by atoms with Crippen molar-refractivity contribution in [3.8, 4) is 0 Å². The van der Waals surface area contributed by atoms with Gasteiger partial charge < -0.3 is 10.6 Å². The molecule has 1 aliphatic rings. The Bertz CT molecular complexity index is 241. The minimum Gasteiger partial charge on any atom is -0.354 e. The van der Waals surface area contributed by atoms with E-state index in [2.05, 4.69) is 29.4 Å². The third-order valence-electron chi connectivity index (χ3n) is 3.13. The van der Waals surface area contributed by atoms with Gasteiger partial charge in [0, 0.05) is 32.7 Å². The summed E-state index contributed by atoms with van der Waals surface area (Å²) in [6, 6.07) is 0. The van der Waals surface area contributed by atoms with Crippen LogP contribution >= 0.6 is 24.8 Å². The van der Waals surface area contributed by atoms with Crippen LogP contribution < -0.4 is 10.6 Å². The second kappa shape index (κ2) is 8.97. The first-order valence-electron chi connectivity index (χ1n) is 6.18. The Morgan fingerprint density at radius 2 is 1.78 bits per heavy atom. The minimum absolute atomic E-state index is 0. The predicted molar refractivity (Wildman–Crippen MR) is 80.9 cm³/mol. The number of hydrogen-bond donors (Lipinski definition) is 2. The average molecular weight is 300 g/mol. The van der Waals surface area contributed by atoms with Crippen molar-refractivity contribution in [1.29, 1.82) is 0 Å². The summed E-state index contributed by atoms with van der Waals surface area (Å²) in [6.07, 6.45) is 0. The van der Waals surface area contributed by atoms with Crippen LogP contribution in [0, 0.1) is 5.92 Å². The number of nitrogens with zero attached hydrogens (tertiary/aromatic N) is 1. The van der Waals surface area contributed by atoms with Crippen LogP contribution in [0.25, 0.3) is 0 Å². The molecule has 2 N–H and O–H groups in total. The Kier molecular flexibility index (Phi) is 10.1. The van der Waals surface area contributed by atoms with Crippen LogP contribution in [0.1, 0.15) is 27.7 Å². The van der Waals surface area contributed by atoms with Gasteiger partial charge in [-0.25, -0.2) is 0 Å². The number of piperazine rings is 1. The van der Waals surface area contributed by atoms with E-state index in [0.29, 0.717) is 5.92 Å². The van der Waals surface area contributed by atoms with Crippen molar-refractivity contribution in [3.63, 3.8) is 0 Å². The lowest BCUT2D eigenvalue weighted by atomic mass is 10.00. The Hall–Kier alpha value is -0.0300. The highest BCUT2D eigenvalue weighted by Crippen LogP contribution is 2.15. The lowest BCUT2D eigenvalue weighted by molar-refractivity contribution is -0.132. The average Bonchev–Trinajstić information content (AvgIpc) is 2.27. The fraction of sp³-hybridized carbons (Fsp3) is 0.917. The molecule has 1 aliphatic heterocycles. The maximum absolute atomic E-state index is 12.1. The van der Waals surface area contributed by atoms with Crippen LogP contribution in [0.4, 0.5) is 0 Å². The molecule has 0 aromatic rings. The summed E-state index contributed by atoms with van der Waals surface area (Å²) < 4.78 is 0. The molecule has 0 aliphatic carbocycles. The molecule has 1 rings (SSSR count). The monoisotopic (exact) mass is 299 g/mol. The molecule has 0 bridgehead atoms. The first-order chi connectivity index (χ1) is 7.44. The fourth-order valence-corrected chi connectivity index (χ4v) is 1.88. The van der Waals surface area contributed by atoms with E-state index in [0.717, 1.165) is 32.7 Å². The maximum Gasteiger partial charge on any atom is 0.239 e. The molecule has 0 aromatic heterocycles. The van der Waals surface area contributed by atoms with Crippen LogP contribution in [0.15, 0.2) is 0 Å². The number of carbonyl (C=O) groups excluding carboxylic acids is 1. The molecule has 0 unspecified atom stereocenters. The van der Waals surface area contributed by atoms with Gasteiger partial charge in [0.1, 0.15) is 0 Å². The molecule has 6 heteroatoms. The summed E-state index contributed by atoms with van der Waals surface area (Å²) in [5, 5.41) is 6.32. The van der Waals surface area contributed by atoms with Crippen molar-refractivity contribution in [1.82, 2.24) is 15.5 Å². The molecule has 0 radical (unpaired) electrons. The van der Waals surface area contributed by atoms with Crippen LogP contribution in [0.2, 0.25) is 0 Å². The molecule has 18 heavy (non-hydrogen) atoms. The third-order valence-corrected chi connectivity index (χ3v) is 3.13. The number of hydrogen-bond acceptors (Lipinski definition) is 3.